The summed E-state index contributed by atoms with van der Waals surface area (Å²) in [5, 5.41) is 3.37. The Morgan fingerprint density at radius 2 is 1.82 bits per heavy atom. The third-order valence-corrected chi connectivity index (χ3v) is 3.93. The van der Waals surface area contributed by atoms with Crippen LogP contribution in [0.2, 0.25) is 0 Å². The van der Waals surface area contributed by atoms with Crippen LogP contribution in [-0.4, -0.2) is 18.1 Å². The highest BCUT2D eigenvalue weighted by Gasteiger charge is 2.12. The number of hydrogen-bond donors (Lipinski definition) is 2. The Bertz CT molecular complexity index is 460. The highest BCUT2D eigenvalue weighted by Crippen LogP contribution is 2.17. The highest BCUT2D eigenvalue weighted by molar-refractivity contribution is 5.78. The molecule has 1 aromatic carbocycles. The van der Waals surface area contributed by atoms with E-state index in [0.717, 1.165) is 11.3 Å². The molecule has 1 fully saturated rings. The van der Waals surface area contributed by atoms with Crippen molar-refractivity contribution in [2.45, 2.75) is 71.1 Å². The van der Waals surface area contributed by atoms with Gasteiger partial charge in [-0.25, -0.2) is 4.99 Å². The van der Waals surface area contributed by atoms with Gasteiger partial charge in [0, 0.05) is 6.04 Å². The van der Waals surface area contributed by atoms with E-state index < -0.39 is 0 Å². The number of nitrogens with one attached hydrogen (secondary N) is 1. The monoisotopic (exact) mass is 303 g/mol. The Morgan fingerprint density at radius 3 is 2.41 bits per heavy atom. The lowest BCUT2D eigenvalue weighted by atomic mass is 10.1. The van der Waals surface area contributed by atoms with Crippen LogP contribution in [0.5, 0.6) is 5.75 Å². The molecule has 1 aromatic rings. The number of hydrogen-bond acceptors (Lipinski definition) is 2. The van der Waals surface area contributed by atoms with Gasteiger partial charge in [0.15, 0.2) is 5.96 Å². The smallest absolute Gasteiger partial charge is 0.189 e. The maximum atomic E-state index is 6.01. The standard InChI is InChI=1S/C18H29N3O/c1-14(2)22-17-11-9-15(10-12-17)13-20-18(19)21-16-7-5-3-4-6-8-16/h9-12,14,16H,3-8,13H2,1-2H3,(H3,19,20,21). The number of nitrogens with two attached hydrogens (primary N) is 1. The molecule has 0 aliphatic heterocycles. The molecule has 0 aromatic heterocycles. The van der Waals surface area contributed by atoms with Crippen LogP contribution in [0.4, 0.5) is 0 Å². The molecule has 0 bridgehead atoms. The van der Waals surface area contributed by atoms with E-state index in [4.69, 9.17) is 10.5 Å². The first kappa shape index (κ1) is 16.7. The van der Waals surface area contributed by atoms with Crippen LogP contribution < -0.4 is 15.8 Å². The fourth-order valence-corrected chi connectivity index (χ4v) is 2.80. The van der Waals surface area contributed by atoms with E-state index in [1.54, 1.807) is 0 Å². The second-order valence-electron chi connectivity index (χ2n) is 6.34. The molecule has 3 N–H and O–H groups in total. The zero-order valence-electron chi connectivity index (χ0n) is 13.8. The van der Waals surface area contributed by atoms with E-state index in [1.807, 2.05) is 38.1 Å². The van der Waals surface area contributed by atoms with Crippen molar-refractivity contribution in [2.24, 2.45) is 10.7 Å². The molecular weight excluding hydrogens is 274 g/mol. The van der Waals surface area contributed by atoms with E-state index >= 15 is 0 Å². The largest absolute Gasteiger partial charge is 0.491 e. The lowest BCUT2D eigenvalue weighted by Gasteiger charge is -2.16. The number of aliphatic imine (C=N–C) groups is 1. The van der Waals surface area contributed by atoms with E-state index in [1.165, 1.54) is 38.5 Å². The molecule has 4 nitrogen and oxygen atoms in total. The summed E-state index contributed by atoms with van der Waals surface area (Å²) < 4.78 is 5.63. The van der Waals surface area contributed by atoms with Crippen LogP contribution in [0.1, 0.15) is 57.9 Å². The van der Waals surface area contributed by atoms with Crippen LogP contribution >= 0.6 is 0 Å². The summed E-state index contributed by atoms with van der Waals surface area (Å²) in [7, 11) is 0. The maximum Gasteiger partial charge on any atom is 0.189 e. The van der Waals surface area contributed by atoms with Crippen molar-refractivity contribution < 1.29 is 4.74 Å². The number of guanidine groups is 1. The molecule has 0 atom stereocenters. The van der Waals surface area contributed by atoms with Gasteiger partial charge >= 0.3 is 0 Å². The Balaban J connectivity index is 1.81. The number of ether oxygens (including phenoxy) is 1. The van der Waals surface area contributed by atoms with E-state index in [0.29, 0.717) is 18.5 Å². The third-order valence-electron chi connectivity index (χ3n) is 3.93. The van der Waals surface area contributed by atoms with Gasteiger partial charge in [0.05, 0.1) is 12.6 Å². The number of benzene rings is 1. The zero-order valence-corrected chi connectivity index (χ0v) is 13.8. The minimum absolute atomic E-state index is 0.197. The van der Waals surface area contributed by atoms with Crippen LogP contribution in [0, 0.1) is 0 Å². The fraction of sp³-hybridized carbons (Fsp3) is 0.611. The molecule has 4 heteroatoms. The molecule has 0 unspecified atom stereocenters. The Morgan fingerprint density at radius 1 is 1.18 bits per heavy atom. The van der Waals surface area contributed by atoms with Crippen LogP contribution in [0.15, 0.2) is 29.3 Å². The van der Waals surface area contributed by atoms with Crippen LogP contribution in [0.3, 0.4) is 0 Å². The van der Waals surface area contributed by atoms with Crippen molar-refractivity contribution in [3.05, 3.63) is 29.8 Å². The third kappa shape index (κ3) is 5.96. The molecule has 0 saturated heterocycles. The fourth-order valence-electron chi connectivity index (χ4n) is 2.80. The molecule has 1 saturated carbocycles. The van der Waals surface area contributed by atoms with Crippen molar-refractivity contribution in [3.63, 3.8) is 0 Å². The molecule has 1 aliphatic carbocycles. The first-order chi connectivity index (χ1) is 10.6. The Labute approximate surface area is 134 Å². The molecule has 22 heavy (non-hydrogen) atoms. The summed E-state index contributed by atoms with van der Waals surface area (Å²) in [4.78, 5) is 4.45. The van der Waals surface area contributed by atoms with Crippen molar-refractivity contribution in [2.75, 3.05) is 0 Å². The molecule has 2 rings (SSSR count). The predicted molar refractivity (Wildman–Crippen MR) is 92.2 cm³/mol. The summed E-state index contributed by atoms with van der Waals surface area (Å²) in [6.45, 7) is 4.66. The maximum absolute atomic E-state index is 6.01. The van der Waals surface area contributed by atoms with Crippen LogP contribution in [-0.2, 0) is 6.54 Å². The van der Waals surface area contributed by atoms with Crippen molar-refractivity contribution in [3.8, 4) is 5.75 Å². The Hall–Kier alpha value is -1.71. The molecule has 122 valence electrons. The summed E-state index contributed by atoms with van der Waals surface area (Å²) in [6.07, 6.45) is 7.89. The second kappa shape index (κ2) is 8.66. The van der Waals surface area contributed by atoms with Crippen molar-refractivity contribution in [1.82, 2.24) is 5.32 Å². The average Bonchev–Trinajstić information content (AvgIpc) is 2.74. The van der Waals surface area contributed by atoms with Crippen LogP contribution in [0.25, 0.3) is 0 Å². The minimum atomic E-state index is 0.197. The van der Waals surface area contributed by atoms with Gasteiger partial charge in [-0.15, -0.1) is 0 Å². The molecule has 0 heterocycles. The van der Waals surface area contributed by atoms with Gasteiger partial charge in [-0.3, -0.25) is 0 Å². The van der Waals surface area contributed by atoms with E-state index in [-0.39, 0.29) is 6.10 Å². The van der Waals surface area contributed by atoms with Gasteiger partial charge in [0.1, 0.15) is 5.75 Å². The SMILES string of the molecule is CC(C)Oc1ccc(CN=C(N)NC2CCCCCC2)cc1. The zero-order chi connectivity index (χ0) is 15.8. The number of rotatable bonds is 5. The van der Waals surface area contributed by atoms with Gasteiger partial charge in [-0.2, -0.15) is 0 Å². The lowest BCUT2D eigenvalue weighted by molar-refractivity contribution is 0.242. The van der Waals surface area contributed by atoms with E-state index in [2.05, 4.69) is 10.3 Å². The topological polar surface area (TPSA) is 59.6 Å². The average molecular weight is 303 g/mol. The summed E-state index contributed by atoms with van der Waals surface area (Å²) >= 11 is 0. The van der Waals surface area contributed by atoms with Gasteiger partial charge in [0.25, 0.3) is 0 Å². The molecular formula is C18H29N3O. The molecule has 1 aliphatic rings. The second-order valence-corrected chi connectivity index (χ2v) is 6.34. The summed E-state index contributed by atoms with van der Waals surface area (Å²) in [5.74, 6) is 1.46. The van der Waals surface area contributed by atoms with E-state index in [9.17, 15) is 0 Å². The quantitative estimate of drug-likeness (QED) is 0.496. The van der Waals surface area contributed by atoms with Crippen molar-refractivity contribution >= 4 is 5.96 Å². The molecule has 0 radical (unpaired) electrons. The summed E-state index contributed by atoms with van der Waals surface area (Å²) in [6, 6.07) is 8.55. The number of nitrogens with zero attached hydrogens (tertiary/aromatic N) is 1. The Kier molecular flexibility index (Phi) is 6.56. The van der Waals surface area contributed by atoms with Gasteiger partial charge in [-0.05, 0) is 44.4 Å². The molecule has 0 amide bonds. The van der Waals surface area contributed by atoms with Crippen molar-refractivity contribution in [1.29, 1.82) is 0 Å². The van der Waals surface area contributed by atoms with Gasteiger partial charge in [0.2, 0.25) is 0 Å². The first-order valence-electron chi connectivity index (χ1n) is 8.45. The predicted octanol–water partition coefficient (Wildman–Crippen LogP) is 3.60. The normalized spacial score (nSPS) is 17.3. The highest BCUT2D eigenvalue weighted by atomic mass is 16.5. The van der Waals surface area contributed by atoms with Gasteiger partial charge < -0.3 is 15.8 Å². The minimum Gasteiger partial charge on any atom is -0.491 e. The lowest BCUT2D eigenvalue weighted by Crippen LogP contribution is -2.39. The first-order valence-corrected chi connectivity index (χ1v) is 8.45. The summed E-state index contributed by atoms with van der Waals surface area (Å²) in [5.41, 5.74) is 7.15. The molecule has 0 spiro atoms. The van der Waals surface area contributed by atoms with Gasteiger partial charge in [-0.1, -0.05) is 37.8 Å².